The largest absolute Gasteiger partial charge is 0.462 e. The fourth-order valence-corrected chi connectivity index (χ4v) is 11.3. The Bertz CT molecular complexity index is 1430. The van der Waals surface area contributed by atoms with E-state index in [0.29, 0.717) is 19.3 Å². The molecule has 0 radical (unpaired) electrons. The summed E-state index contributed by atoms with van der Waals surface area (Å²) in [5, 5.41) is 0. The summed E-state index contributed by atoms with van der Waals surface area (Å²) in [6.07, 6.45) is 91.6. The van der Waals surface area contributed by atoms with Crippen LogP contribution in [0.25, 0.3) is 0 Å². The lowest BCUT2D eigenvalue weighted by Crippen LogP contribution is -2.30. The lowest BCUT2D eigenvalue weighted by molar-refractivity contribution is -0.167. The molecule has 6 nitrogen and oxygen atoms in total. The highest BCUT2D eigenvalue weighted by molar-refractivity contribution is 5.71. The van der Waals surface area contributed by atoms with Crippen molar-refractivity contribution in [1.82, 2.24) is 0 Å². The van der Waals surface area contributed by atoms with Gasteiger partial charge in [-0.3, -0.25) is 14.4 Å². The molecule has 0 aromatic heterocycles. The van der Waals surface area contributed by atoms with E-state index in [1.807, 2.05) is 0 Å². The highest BCUT2D eigenvalue weighted by Crippen LogP contribution is 2.19. The van der Waals surface area contributed by atoms with Gasteiger partial charge in [-0.2, -0.15) is 0 Å². The zero-order valence-corrected chi connectivity index (χ0v) is 56.0. The van der Waals surface area contributed by atoms with Crippen molar-refractivity contribution in [3.8, 4) is 0 Å². The minimum absolute atomic E-state index is 0.0640. The average Bonchev–Trinajstić information content (AvgIpc) is 3.49. The molecule has 486 valence electrons. The quantitative estimate of drug-likeness (QED) is 0.0261. The number of hydrogen-bond acceptors (Lipinski definition) is 6. The second-order valence-corrected chi connectivity index (χ2v) is 25.2. The summed E-state index contributed by atoms with van der Waals surface area (Å²) in [7, 11) is 0. The van der Waals surface area contributed by atoms with Crippen molar-refractivity contribution in [3.05, 3.63) is 48.6 Å². The fraction of sp³-hybridized carbons (Fsp3) is 0.857. The Morgan fingerprint density at radius 1 is 0.253 bits per heavy atom. The summed E-state index contributed by atoms with van der Waals surface area (Å²) >= 11 is 0. The molecule has 0 saturated heterocycles. The van der Waals surface area contributed by atoms with Crippen LogP contribution in [0.4, 0.5) is 0 Å². The van der Waals surface area contributed by atoms with Crippen LogP contribution in [0.15, 0.2) is 48.6 Å². The summed E-state index contributed by atoms with van der Waals surface area (Å²) < 4.78 is 17.0. The Morgan fingerprint density at radius 2 is 0.470 bits per heavy atom. The number of rotatable bonds is 69. The van der Waals surface area contributed by atoms with Crippen LogP contribution in [0, 0.1) is 0 Å². The first-order valence-electron chi connectivity index (χ1n) is 37.1. The summed E-state index contributed by atoms with van der Waals surface area (Å²) in [6, 6.07) is 0. The molecule has 0 rings (SSSR count). The SMILES string of the molecule is CC/C=C\C/C=C\C/C=C\C/C=C\CCCCCCCCCCCCCCCCCCCCCCC(=O)OCC(COC(=O)CCCCCCCCCCCCCCCC)OC(=O)CCCCCCCCCCCCCCCCCCCC. The summed E-state index contributed by atoms with van der Waals surface area (Å²) in [5.74, 6) is -0.829. The van der Waals surface area contributed by atoms with Crippen LogP contribution in [0.3, 0.4) is 0 Å². The van der Waals surface area contributed by atoms with E-state index < -0.39 is 6.10 Å². The molecule has 0 aromatic rings. The van der Waals surface area contributed by atoms with Gasteiger partial charge in [-0.1, -0.05) is 378 Å². The van der Waals surface area contributed by atoms with Gasteiger partial charge in [0.15, 0.2) is 6.10 Å². The zero-order chi connectivity index (χ0) is 59.9. The predicted molar refractivity (Wildman–Crippen MR) is 362 cm³/mol. The number of esters is 3. The van der Waals surface area contributed by atoms with Crippen LogP contribution in [-0.4, -0.2) is 37.2 Å². The molecule has 0 spiro atoms. The molecular formula is C77H142O6. The maximum atomic E-state index is 13.0. The lowest BCUT2D eigenvalue weighted by Gasteiger charge is -2.18. The first kappa shape index (κ1) is 80.4. The van der Waals surface area contributed by atoms with Crippen molar-refractivity contribution < 1.29 is 28.6 Å². The average molecular weight is 1160 g/mol. The van der Waals surface area contributed by atoms with E-state index >= 15 is 0 Å². The third kappa shape index (κ3) is 70.0. The zero-order valence-electron chi connectivity index (χ0n) is 56.0. The van der Waals surface area contributed by atoms with Crippen molar-refractivity contribution in [2.24, 2.45) is 0 Å². The third-order valence-electron chi connectivity index (χ3n) is 16.8. The maximum Gasteiger partial charge on any atom is 0.306 e. The topological polar surface area (TPSA) is 78.9 Å². The van der Waals surface area contributed by atoms with Crippen LogP contribution in [-0.2, 0) is 28.6 Å². The normalized spacial score (nSPS) is 12.3. The van der Waals surface area contributed by atoms with Gasteiger partial charge in [-0.05, 0) is 57.8 Å². The number of carbonyl (C=O) groups excluding carboxylic acids is 3. The van der Waals surface area contributed by atoms with Crippen molar-refractivity contribution in [2.75, 3.05) is 13.2 Å². The van der Waals surface area contributed by atoms with Gasteiger partial charge in [0.25, 0.3) is 0 Å². The summed E-state index contributed by atoms with van der Waals surface area (Å²) in [6.45, 7) is 6.61. The second kappa shape index (κ2) is 71.8. The molecule has 0 aliphatic heterocycles. The van der Waals surface area contributed by atoms with Crippen LogP contribution in [0.1, 0.15) is 406 Å². The van der Waals surface area contributed by atoms with E-state index in [0.717, 1.165) is 83.5 Å². The molecule has 0 amide bonds. The first-order valence-corrected chi connectivity index (χ1v) is 37.1. The smallest absolute Gasteiger partial charge is 0.306 e. The Labute approximate surface area is 518 Å². The Morgan fingerprint density at radius 3 is 0.735 bits per heavy atom. The Kier molecular flexibility index (Phi) is 69.6. The van der Waals surface area contributed by atoms with Crippen LogP contribution >= 0.6 is 0 Å². The highest BCUT2D eigenvalue weighted by atomic mass is 16.6. The third-order valence-corrected chi connectivity index (χ3v) is 16.8. The molecule has 0 fully saturated rings. The van der Waals surface area contributed by atoms with E-state index in [-0.39, 0.29) is 31.1 Å². The van der Waals surface area contributed by atoms with E-state index in [9.17, 15) is 14.4 Å². The molecule has 0 heterocycles. The van der Waals surface area contributed by atoms with Gasteiger partial charge in [-0.15, -0.1) is 0 Å². The lowest BCUT2D eigenvalue weighted by atomic mass is 10.0. The van der Waals surface area contributed by atoms with Crippen LogP contribution in [0.5, 0.6) is 0 Å². The molecule has 0 N–H and O–H groups in total. The van der Waals surface area contributed by atoms with E-state index in [1.54, 1.807) is 0 Å². The molecule has 0 bridgehead atoms. The van der Waals surface area contributed by atoms with E-state index in [4.69, 9.17) is 14.2 Å². The maximum absolute atomic E-state index is 13.0. The molecule has 1 unspecified atom stereocenters. The van der Waals surface area contributed by atoms with Gasteiger partial charge in [0.2, 0.25) is 0 Å². The van der Waals surface area contributed by atoms with Crippen molar-refractivity contribution in [1.29, 1.82) is 0 Å². The Hall–Kier alpha value is -2.63. The van der Waals surface area contributed by atoms with E-state index in [2.05, 4.69) is 69.4 Å². The van der Waals surface area contributed by atoms with Gasteiger partial charge in [-0.25, -0.2) is 0 Å². The fourth-order valence-electron chi connectivity index (χ4n) is 11.3. The van der Waals surface area contributed by atoms with Crippen molar-refractivity contribution in [2.45, 2.75) is 412 Å². The van der Waals surface area contributed by atoms with Crippen LogP contribution < -0.4 is 0 Å². The second-order valence-electron chi connectivity index (χ2n) is 25.2. The first-order chi connectivity index (χ1) is 41.0. The van der Waals surface area contributed by atoms with Gasteiger partial charge in [0.05, 0.1) is 0 Å². The van der Waals surface area contributed by atoms with Gasteiger partial charge < -0.3 is 14.2 Å². The van der Waals surface area contributed by atoms with Crippen molar-refractivity contribution in [3.63, 3.8) is 0 Å². The van der Waals surface area contributed by atoms with Gasteiger partial charge >= 0.3 is 17.9 Å². The molecule has 1 atom stereocenters. The molecule has 0 saturated carbocycles. The predicted octanol–water partition coefficient (Wildman–Crippen LogP) is 25.7. The molecule has 0 aliphatic carbocycles. The standard InChI is InChI=1S/C77H142O6/c1-4-7-10-13-16-19-22-25-28-30-32-33-34-35-36-37-38-39-40-41-42-43-44-45-46-48-49-52-55-58-61-64-67-70-76(79)82-73-74(72-81-75(78)69-66-63-60-57-54-51-27-24-21-18-15-12-9-6-3)83-77(80)71-68-65-62-59-56-53-50-47-31-29-26-23-20-17-14-11-8-5-2/h7,10,16,19,25,28,32-33,74H,4-6,8-9,11-15,17-18,20-24,26-27,29-31,34-73H2,1-3H3/b10-7-,19-16-,28-25-,33-32-. The molecule has 83 heavy (non-hydrogen) atoms. The number of allylic oxidation sites excluding steroid dienone is 8. The molecule has 6 heteroatoms. The van der Waals surface area contributed by atoms with E-state index in [1.165, 1.54) is 283 Å². The monoisotopic (exact) mass is 1160 g/mol. The van der Waals surface area contributed by atoms with Crippen LogP contribution in [0.2, 0.25) is 0 Å². The Balaban J connectivity index is 4.13. The minimum Gasteiger partial charge on any atom is -0.462 e. The number of carbonyl (C=O) groups is 3. The molecular weight excluding hydrogens is 1020 g/mol. The molecule has 0 aliphatic rings. The van der Waals surface area contributed by atoms with Gasteiger partial charge in [0, 0.05) is 19.3 Å². The highest BCUT2D eigenvalue weighted by Gasteiger charge is 2.20. The molecule has 0 aromatic carbocycles. The van der Waals surface area contributed by atoms with Crippen molar-refractivity contribution >= 4 is 17.9 Å². The minimum atomic E-state index is -0.768. The number of unbranched alkanes of at least 4 members (excludes halogenated alkanes) is 50. The van der Waals surface area contributed by atoms with Gasteiger partial charge in [0.1, 0.15) is 13.2 Å². The number of hydrogen-bond donors (Lipinski definition) is 0. The summed E-state index contributed by atoms with van der Waals surface area (Å²) in [4.78, 5) is 38.5. The summed E-state index contributed by atoms with van der Waals surface area (Å²) in [5.41, 5.74) is 0. The number of ether oxygens (including phenoxy) is 3.